The maximum atomic E-state index is 5.57. The van der Waals surface area contributed by atoms with Gasteiger partial charge in [0.15, 0.2) is 0 Å². The van der Waals surface area contributed by atoms with Gasteiger partial charge in [0.1, 0.15) is 18.6 Å². The molecule has 0 amide bonds. The Morgan fingerprint density at radius 1 is 1.47 bits per heavy atom. The molecule has 0 aliphatic rings. The third-order valence-electron chi connectivity index (χ3n) is 2.02. The number of hydrogen-bond acceptors (Lipinski definition) is 3. The quantitative estimate of drug-likeness (QED) is 0.856. The zero-order chi connectivity index (χ0) is 10.7. The standard InChI is InChI=1S/C11H10BrNO2/c1-8-4-10(2-3-11(8)12)14-6-9-5-13-15-7-9/h2-5,7H,6H2,1H3. The fraction of sp³-hybridized carbons (Fsp3) is 0.182. The molecule has 0 saturated heterocycles. The van der Waals surface area contributed by atoms with Crippen LogP contribution in [-0.4, -0.2) is 5.16 Å². The third-order valence-corrected chi connectivity index (χ3v) is 2.91. The topological polar surface area (TPSA) is 35.3 Å². The first-order valence-electron chi connectivity index (χ1n) is 4.53. The molecule has 0 spiro atoms. The Morgan fingerprint density at radius 3 is 3.00 bits per heavy atom. The van der Waals surface area contributed by atoms with E-state index in [0.29, 0.717) is 6.61 Å². The van der Waals surface area contributed by atoms with Crippen LogP contribution in [0.3, 0.4) is 0 Å². The van der Waals surface area contributed by atoms with Gasteiger partial charge < -0.3 is 9.26 Å². The summed E-state index contributed by atoms with van der Waals surface area (Å²) in [4.78, 5) is 0. The highest BCUT2D eigenvalue weighted by molar-refractivity contribution is 9.10. The van der Waals surface area contributed by atoms with Crippen LogP contribution in [0.1, 0.15) is 11.1 Å². The molecule has 0 bridgehead atoms. The molecule has 4 heteroatoms. The van der Waals surface area contributed by atoms with E-state index in [-0.39, 0.29) is 0 Å². The van der Waals surface area contributed by atoms with Gasteiger partial charge in [-0.1, -0.05) is 21.1 Å². The van der Waals surface area contributed by atoms with Crippen LogP contribution >= 0.6 is 15.9 Å². The second-order valence-corrected chi connectivity index (χ2v) is 4.09. The SMILES string of the molecule is Cc1cc(OCc2cnoc2)ccc1Br. The normalized spacial score (nSPS) is 10.3. The third kappa shape index (κ3) is 2.59. The van der Waals surface area contributed by atoms with E-state index < -0.39 is 0 Å². The molecular formula is C11H10BrNO2. The minimum absolute atomic E-state index is 0.477. The van der Waals surface area contributed by atoms with Crippen molar-refractivity contribution in [2.45, 2.75) is 13.5 Å². The number of aryl methyl sites for hydroxylation is 1. The van der Waals surface area contributed by atoms with E-state index in [1.165, 1.54) is 0 Å². The fourth-order valence-electron chi connectivity index (χ4n) is 1.17. The number of aromatic nitrogens is 1. The van der Waals surface area contributed by atoms with Gasteiger partial charge in [0.25, 0.3) is 0 Å². The minimum atomic E-state index is 0.477. The monoisotopic (exact) mass is 267 g/mol. The van der Waals surface area contributed by atoms with Crippen LogP contribution in [0.25, 0.3) is 0 Å². The van der Waals surface area contributed by atoms with E-state index in [4.69, 9.17) is 9.26 Å². The van der Waals surface area contributed by atoms with Crippen LogP contribution in [0.4, 0.5) is 0 Å². The Hall–Kier alpha value is -1.29. The summed E-state index contributed by atoms with van der Waals surface area (Å²) < 4.78 is 11.4. The summed E-state index contributed by atoms with van der Waals surface area (Å²) in [6, 6.07) is 5.88. The summed E-state index contributed by atoms with van der Waals surface area (Å²) in [7, 11) is 0. The number of nitrogens with zero attached hydrogens (tertiary/aromatic N) is 1. The zero-order valence-corrected chi connectivity index (χ0v) is 9.82. The van der Waals surface area contributed by atoms with Crippen molar-refractivity contribution in [2.75, 3.05) is 0 Å². The lowest BCUT2D eigenvalue weighted by molar-refractivity contribution is 0.304. The molecule has 0 N–H and O–H groups in total. The van der Waals surface area contributed by atoms with E-state index in [1.54, 1.807) is 12.5 Å². The van der Waals surface area contributed by atoms with Crippen molar-refractivity contribution in [1.82, 2.24) is 5.16 Å². The maximum absolute atomic E-state index is 5.57. The first-order valence-corrected chi connectivity index (χ1v) is 5.32. The Kier molecular flexibility index (Phi) is 3.06. The summed E-state index contributed by atoms with van der Waals surface area (Å²) in [6.45, 7) is 2.50. The molecule has 1 aromatic carbocycles. The summed E-state index contributed by atoms with van der Waals surface area (Å²) in [5.41, 5.74) is 2.08. The molecular weight excluding hydrogens is 258 g/mol. The van der Waals surface area contributed by atoms with Crippen molar-refractivity contribution in [3.05, 3.63) is 46.3 Å². The summed E-state index contributed by atoms with van der Waals surface area (Å²) in [5.74, 6) is 0.844. The van der Waals surface area contributed by atoms with Gasteiger partial charge in [-0.15, -0.1) is 0 Å². The molecule has 3 nitrogen and oxygen atoms in total. The lowest BCUT2D eigenvalue weighted by atomic mass is 10.2. The second-order valence-electron chi connectivity index (χ2n) is 3.23. The van der Waals surface area contributed by atoms with Gasteiger partial charge in [-0.25, -0.2) is 0 Å². The van der Waals surface area contributed by atoms with E-state index in [1.807, 2.05) is 25.1 Å². The summed E-state index contributed by atoms with van der Waals surface area (Å²) >= 11 is 3.44. The summed E-state index contributed by atoms with van der Waals surface area (Å²) in [5, 5.41) is 3.60. The minimum Gasteiger partial charge on any atom is -0.489 e. The Bertz CT molecular complexity index is 440. The molecule has 0 unspecified atom stereocenters. The molecule has 1 aromatic heterocycles. The Labute approximate surface area is 96.2 Å². The van der Waals surface area contributed by atoms with Gasteiger partial charge in [-0.2, -0.15) is 0 Å². The van der Waals surface area contributed by atoms with E-state index >= 15 is 0 Å². The van der Waals surface area contributed by atoms with Crippen LogP contribution in [0.2, 0.25) is 0 Å². The van der Waals surface area contributed by atoms with Crippen LogP contribution in [0.5, 0.6) is 5.75 Å². The number of halogens is 1. The van der Waals surface area contributed by atoms with Gasteiger partial charge in [0.2, 0.25) is 0 Å². The first-order chi connectivity index (χ1) is 7.25. The van der Waals surface area contributed by atoms with Gasteiger partial charge >= 0.3 is 0 Å². The smallest absolute Gasteiger partial charge is 0.130 e. The van der Waals surface area contributed by atoms with Crippen molar-refractivity contribution in [2.24, 2.45) is 0 Å². The molecule has 2 aromatic rings. The van der Waals surface area contributed by atoms with Crippen molar-refractivity contribution in [3.8, 4) is 5.75 Å². The number of hydrogen-bond donors (Lipinski definition) is 0. The number of benzene rings is 1. The van der Waals surface area contributed by atoms with Crippen molar-refractivity contribution >= 4 is 15.9 Å². The van der Waals surface area contributed by atoms with Crippen molar-refractivity contribution in [1.29, 1.82) is 0 Å². The zero-order valence-electron chi connectivity index (χ0n) is 8.24. The first kappa shape index (κ1) is 10.2. The average molecular weight is 268 g/mol. The van der Waals surface area contributed by atoms with Crippen LogP contribution in [-0.2, 0) is 6.61 Å². The largest absolute Gasteiger partial charge is 0.489 e. The highest BCUT2D eigenvalue weighted by Gasteiger charge is 2.00. The van der Waals surface area contributed by atoms with Crippen LogP contribution in [0, 0.1) is 6.92 Å². The molecule has 0 aliphatic carbocycles. The highest BCUT2D eigenvalue weighted by atomic mass is 79.9. The van der Waals surface area contributed by atoms with E-state index in [0.717, 1.165) is 21.3 Å². The van der Waals surface area contributed by atoms with Crippen molar-refractivity contribution in [3.63, 3.8) is 0 Å². The maximum Gasteiger partial charge on any atom is 0.130 e. The lowest BCUT2D eigenvalue weighted by Gasteiger charge is -2.05. The number of ether oxygens (including phenoxy) is 1. The van der Waals surface area contributed by atoms with Gasteiger partial charge in [0, 0.05) is 10.0 Å². The van der Waals surface area contributed by atoms with Crippen LogP contribution < -0.4 is 4.74 Å². The van der Waals surface area contributed by atoms with Crippen LogP contribution in [0.15, 0.2) is 39.7 Å². The highest BCUT2D eigenvalue weighted by Crippen LogP contribution is 2.22. The van der Waals surface area contributed by atoms with Gasteiger partial charge in [-0.05, 0) is 30.7 Å². The molecule has 0 aliphatic heterocycles. The Morgan fingerprint density at radius 2 is 2.33 bits per heavy atom. The van der Waals surface area contributed by atoms with Gasteiger partial charge in [-0.3, -0.25) is 0 Å². The second kappa shape index (κ2) is 4.49. The molecule has 0 atom stereocenters. The fourth-order valence-corrected chi connectivity index (χ4v) is 1.42. The predicted octanol–water partition coefficient (Wildman–Crippen LogP) is 3.32. The Balaban J connectivity index is 2.02. The molecule has 0 radical (unpaired) electrons. The molecule has 2 rings (SSSR count). The molecule has 1 heterocycles. The molecule has 15 heavy (non-hydrogen) atoms. The van der Waals surface area contributed by atoms with E-state index in [9.17, 15) is 0 Å². The average Bonchev–Trinajstić information content (AvgIpc) is 2.73. The number of rotatable bonds is 3. The van der Waals surface area contributed by atoms with Gasteiger partial charge in [0.05, 0.1) is 6.20 Å². The molecule has 0 fully saturated rings. The lowest BCUT2D eigenvalue weighted by Crippen LogP contribution is -1.93. The van der Waals surface area contributed by atoms with Crippen molar-refractivity contribution < 1.29 is 9.26 Å². The predicted molar refractivity (Wildman–Crippen MR) is 59.7 cm³/mol. The molecule has 0 saturated carbocycles. The van der Waals surface area contributed by atoms with E-state index in [2.05, 4.69) is 21.1 Å². The summed E-state index contributed by atoms with van der Waals surface area (Å²) in [6.07, 6.45) is 3.22. The molecule has 78 valence electrons.